The molecule has 0 radical (unpaired) electrons. The van der Waals surface area contributed by atoms with Crippen LogP contribution in [0.15, 0.2) is 23.2 Å². The number of guanidine groups is 1. The molecule has 1 aromatic carbocycles. The first-order valence-electron chi connectivity index (χ1n) is 8.63. The van der Waals surface area contributed by atoms with Crippen LogP contribution in [0.4, 0.5) is 0 Å². The molecule has 22 heavy (non-hydrogen) atoms. The summed E-state index contributed by atoms with van der Waals surface area (Å²) < 4.78 is 0. The van der Waals surface area contributed by atoms with E-state index in [0.29, 0.717) is 5.41 Å². The smallest absolute Gasteiger partial charge is 0.193 e. The molecule has 120 valence electrons. The molecule has 1 aliphatic carbocycles. The van der Waals surface area contributed by atoms with Crippen LogP contribution in [0.25, 0.3) is 0 Å². The van der Waals surface area contributed by atoms with Crippen LogP contribution < -0.4 is 5.32 Å². The van der Waals surface area contributed by atoms with Gasteiger partial charge in [0.05, 0.1) is 0 Å². The molecule has 1 spiro atoms. The van der Waals surface area contributed by atoms with Crippen LogP contribution >= 0.6 is 0 Å². The summed E-state index contributed by atoms with van der Waals surface area (Å²) >= 11 is 0. The molecule has 0 amide bonds. The zero-order chi connectivity index (χ0) is 15.6. The van der Waals surface area contributed by atoms with Crippen LogP contribution in [0.5, 0.6) is 0 Å². The first kappa shape index (κ1) is 15.4. The highest BCUT2D eigenvalue weighted by Gasteiger charge is 2.43. The number of nitrogens with one attached hydrogen (secondary N) is 1. The van der Waals surface area contributed by atoms with E-state index in [2.05, 4.69) is 47.3 Å². The number of aryl methyl sites for hydroxylation is 2. The Morgan fingerprint density at radius 1 is 1.18 bits per heavy atom. The summed E-state index contributed by atoms with van der Waals surface area (Å²) in [5.41, 5.74) is 4.75. The Kier molecular flexibility index (Phi) is 4.42. The third kappa shape index (κ3) is 3.29. The van der Waals surface area contributed by atoms with E-state index in [-0.39, 0.29) is 0 Å². The molecule has 1 saturated carbocycles. The molecule has 2 aliphatic rings. The van der Waals surface area contributed by atoms with E-state index < -0.39 is 0 Å². The monoisotopic (exact) mass is 299 g/mol. The molecule has 1 N–H and O–H groups in total. The van der Waals surface area contributed by atoms with Crippen molar-refractivity contribution in [2.75, 3.05) is 26.7 Å². The number of benzene rings is 1. The summed E-state index contributed by atoms with van der Waals surface area (Å²) in [6, 6.07) is 6.81. The van der Waals surface area contributed by atoms with Crippen LogP contribution in [-0.2, 0) is 6.42 Å². The normalized spacial score (nSPS) is 20.3. The van der Waals surface area contributed by atoms with Gasteiger partial charge in [-0.2, -0.15) is 0 Å². The highest BCUT2D eigenvalue weighted by atomic mass is 15.3. The summed E-state index contributed by atoms with van der Waals surface area (Å²) in [5, 5.41) is 3.56. The Morgan fingerprint density at radius 2 is 1.91 bits per heavy atom. The summed E-state index contributed by atoms with van der Waals surface area (Å²) in [7, 11) is 1.91. The molecule has 3 heteroatoms. The standard InChI is InChI=1S/C19H29N3/c1-15-11-16(2)13-17(12-15)5-9-21-18(20-3)22-10-8-19(14-22)6-4-7-19/h11-13H,4-10,14H2,1-3H3,(H,20,21). The SMILES string of the molecule is CN=C(NCCc1cc(C)cc(C)c1)N1CCC2(CCC2)C1. The predicted molar refractivity (Wildman–Crippen MR) is 93.5 cm³/mol. The van der Waals surface area contributed by atoms with Crippen molar-refractivity contribution < 1.29 is 0 Å². The highest BCUT2D eigenvalue weighted by Crippen LogP contribution is 2.47. The molecular formula is C19H29N3. The second kappa shape index (κ2) is 6.31. The Bertz CT molecular complexity index is 538. The minimum absolute atomic E-state index is 0.630. The van der Waals surface area contributed by atoms with E-state index in [9.17, 15) is 0 Å². The van der Waals surface area contributed by atoms with Gasteiger partial charge in [0.25, 0.3) is 0 Å². The molecule has 3 rings (SSSR count). The fourth-order valence-electron chi connectivity index (χ4n) is 4.07. The molecule has 1 saturated heterocycles. The van der Waals surface area contributed by atoms with E-state index >= 15 is 0 Å². The Labute approximate surface area is 134 Å². The van der Waals surface area contributed by atoms with Gasteiger partial charge in [-0.25, -0.2) is 0 Å². The van der Waals surface area contributed by atoms with Crippen molar-refractivity contribution in [2.45, 2.75) is 46.0 Å². The van der Waals surface area contributed by atoms with Gasteiger partial charge in [-0.1, -0.05) is 35.7 Å². The summed E-state index contributed by atoms with van der Waals surface area (Å²) in [4.78, 5) is 6.95. The fraction of sp³-hybridized carbons (Fsp3) is 0.632. The minimum atomic E-state index is 0.630. The quantitative estimate of drug-likeness (QED) is 0.685. The fourth-order valence-corrected chi connectivity index (χ4v) is 4.07. The van der Waals surface area contributed by atoms with Crippen molar-refractivity contribution in [3.8, 4) is 0 Å². The van der Waals surface area contributed by atoms with Gasteiger partial charge in [0.2, 0.25) is 0 Å². The predicted octanol–water partition coefficient (Wildman–Crippen LogP) is 3.30. The molecule has 1 heterocycles. The van der Waals surface area contributed by atoms with Crippen molar-refractivity contribution in [2.24, 2.45) is 10.4 Å². The number of likely N-dealkylation sites (tertiary alicyclic amines) is 1. The van der Waals surface area contributed by atoms with Gasteiger partial charge in [-0.15, -0.1) is 0 Å². The van der Waals surface area contributed by atoms with E-state index in [1.807, 2.05) is 7.05 Å². The lowest BCUT2D eigenvalue weighted by atomic mass is 9.68. The Morgan fingerprint density at radius 3 is 2.45 bits per heavy atom. The van der Waals surface area contributed by atoms with Crippen molar-refractivity contribution in [1.29, 1.82) is 0 Å². The third-order valence-corrected chi connectivity index (χ3v) is 5.34. The summed E-state index contributed by atoms with van der Waals surface area (Å²) in [6.45, 7) is 7.68. The van der Waals surface area contributed by atoms with Gasteiger partial charge >= 0.3 is 0 Å². The zero-order valence-electron chi connectivity index (χ0n) is 14.3. The van der Waals surface area contributed by atoms with Gasteiger partial charge in [0, 0.05) is 26.7 Å². The third-order valence-electron chi connectivity index (χ3n) is 5.34. The van der Waals surface area contributed by atoms with Crippen LogP contribution in [0.3, 0.4) is 0 Å². The molecule has 2 fully saturated rings. The summed E-state index contributed by atoms with van der Waals surface area (Å²) in [6.07, 6.45) is 6.67. The van der Waals surface area contributed by atoms with Gasteiger partial charge in [-0.05, 0) is 50.5 Å². The second-order valence-electron chi connectivity index (χ2n) is 7.25. The molecule has 0 unspecified atom stereocenters. The molecule has 1 aromatic rings. The summed E-state index contributed by atoms with van der Waals surface area (Å²) in [5.74, 6) is 1.09. The topological polar surface area (TPSA) is 27.6 Å². The van der Waals surface area contributed by atoms with Crippen molar-refractivity contribution in [1.82, 2.24) is 10.2 Å². The zero-order valence-corrected chi connectivity index (χ0v) is 14.3. The van der Waals surface area contributed by atoms with E-state index in [1.165, 1.54) is 55.5 Å². The van der Waals surface area contributed by atoms with E-state index in [1.54, 1.807) is 0 Å². The van der Waals surface area contributed by atoms with E-state index in [4.69, 9.17) is 0 Å². The number of nitrogens with zero attached hydrogens (tertiary/aromatic N) is 2. The molecular weight excluding hydrogens is 270 g/mol. The number of hydrogen-bond acceptors (Lipinski definition) is 1. The lowest BCUT2D eigenvalue weighted by Crippen LogP contribution is -2.43. The maximum absolute atomic E-state index is 4.49. The van der Waals surface area contributed by atoms with Crippen LogP contribution in [0.1, 0.15) is 42.4 Å². The van der Waals surface area contributed by atoms with Crippen LogP contribution in [-0.4, -0.2) is 37.5 Å². The second-order valence-corrected chi connectivity index (χ2v) is 7.25. The molecule has 3 nitrogen and oxygen atoms in total. The average molecular weight is 299 g/mol. The maximum atomic E-state index is 4.49. The average Bonchev–Trinajstić information content (AvgIpc) is 2.88. The largest absolute Gasteiger partial charge is 0.356 e. The lowest BCUT2D eigenvalue weighted by molar-refractivity contribution is 0.151. The van der Waals surface area contributed by atoms with Crippen molar-refractivity contribution in [3.05, 3.63) is 34.9 Å². The molecule has 0 aromatic heterocycles. The Hall–Kier alpha value is -1.51. The van der Waals surface area contributed by atoms with Crippen LogP contribution in [0, 0.1) is 19.3 Å². The first-order valence-corrected chi connectivity index (χ1v) is 8.63. The van der Waals surface area contributed by atoms with E-state index in [0.717, 1.165) is 18.9 Å². The van der Waals surface area contributed by atoms with Crippen molar-refractivity contribution in [3.63, 3.8) is 0 Å². The van der Waals surface area contributed by atoms with Crippen LogP contribution in [0.2, 0.25) is 0 Å². The molecule has 0 atom stereocenters. The van der Waals surface area contributed by atoms with Gasteiger partial charge < -0.3 is 10.2 Å². The number of hydrogen-bond donors (Lipinski definition) is 1. The van der Waals surface area contributed by atoms with Crippen molar-refractivity contribution >= 4 is 5.96 Å². The minimum Gasteiger partial charge on any atom is -0.356 e. The highest BCUT2D eigenvalue weighted by molar-refractivity contribution is 5.80. The Balaban J connectivity index is 1.51. The van der Waals surface area contributed by atoms with Gasteiger partial charge in [0.15, 0.2) is 5.96 Å². The molecule has 1 aliphatic heterocycles. The van der Waals surface area contributed by atoms with Gasteiger partial charge in [0.1, 0.15) is 0 Å². The first-order chi connectivity index (χ1) is 10.6. The maximum Gasteiger partial charge on any atom is 0.193 e. The number of rotatable bonds is 3. The molecule has 0 bridgehead atoms. The number of aliphatic imine (C=N–C) groups is 1. The van der Waals surface area contributed by atoms with Gasteiger partial charge in [-0.3, -0.25) is 4.99 Å². The lowest BCUT2D eigenvalue weighted by Gasteiger charge is -2.38.